The highest BCUT2D eigenvalue weighted by Crippen LogP contribution is 2.14. The zero-order valence-electron chi connectivity index (χ0n) is 12.0. The van der Waals surface area contributed by atoms with Crippen LogP contribution in [0.3, 0.4) is 0 Å². The quantitative estimate of drug-likeness (QED) is 0.713. The molecule has 2 N–H and O–H groups in total. The van der Waals surface area contributed by atoms with Crippen LogP contribution in [-0.2, 0) is 6.54 Å². The molecule has 0 saturated heterocycles. The van der Waals surface area contributed by atoms with Gasteiger partial charge in [-0.15, -0.1) is 0 Å². The van der Waals surface area contributed by atoms with Gasteiger partial charge in [0.25, 0.3) is 0 Å². The summed E-state index contributed by atoms with van der Waals surface area (Å²) in [5.41, 5.74) is 2.29. The van der Waals surface area contributed by atoms with Gasteiger partial charge in [-0.05, 0) is 12.5 Å². The maximum Gasteiger partial charge on any atom is 0.130 e. The minimum Gasteiger partial charge on any atom is -1.00 e. The maximum absolute atomic E-state index is 10.4. The first kappa shape index (κ1) is 16.7. The first-order valence-electron chi connectivity index (χ1n) is 6.77. The summed E-state index contributed by atoms with van der Waals surface area (Å²) in [6.07, 6.45) is -0.426. The molecule has 3 heteroatoms. The molecule has 0 bridgehead atoms. The summed E-state index contributed by atoms with van der Waals surface area (Å²) in [7, 11) is 2.13. The predicted octanol–water partition coefficient (Wildman–Crippen LogP) is -1.17. The van der Waals surface area contributed by atoms with Crippen molar-refractivity contribution in [2.24, 2.45) is 0 Å². The van der Waals surface area contributed by atoms with Crippen LogP contribution in [0.4, 0.5) is 0 Å². The number of aliphatic hydroxyl groups excluding tert-OH is 1. The number of benzene rings is 2. The molecular formula is C17H22ClNO. The molecule has 20 heavy (non-hydrogen) atoms. The summed E-state index contributed by atoms with van der Waals surface area (Å²) in [4.78, 5) is 1.31. The van der Waals surface area contributed by atoms with Gasteiger partial charge in [0.1, 0.15) is 18.7 Å². The van der Waals surface area contributed by atoms with Crippen LogP contribution in [0, 0.1) is 0 Å². The monoisotopic (exact) mass is 291 g/mol. The Bertz CT molecular complexity index is 489. The lowest BCUT2D eigenvalue weighted by atomic mass is 10.0. The standard InChI is InChI=1S/C17H21NO.ClH/c1-14(17(19)16-11-7-4-8-12-16)18(2)13-15-9-5-3-6-10-15;/h3-12,14,17,19H,13H2,1-2H3;1H. The smallest absolute Gasteiger partial charge is 0.130 e. The fourth-order valence-corrected chi connectivity index (χ4v) is 2.29. The molecule has 3 unspecified atom stereocenters. The first-order chi connectivity index (χ1) is 9.18. The van der Waals surface area contributed by atoms with Crippen molar-refractivity contribution in [1.82, 2.24) is 0 Å². The van der Waals surface area contributed by atoms with Crippen LogP contribution < -0.4 is 17.3 Å². The van der Waals surface area contributed by atoms with Crippen molar-refractivity contribution in [3.05, 3.63) is 71.8 Å². The molecular weight excluding hydrogens is 270 g/mol. The van der Waals surface area contributed by atoms with E-state index < -0.39 is 6.10 Å². The van der Waals surface area contributed by atoms with Crippen LogP contribution in [0.25, 0.3) is 0 Å². The van der Waals surface area contributed by atoms with E-state index in [1.165, 1.54) is 10.5 Å². The van der Waals surface area contributed by atoms with Crippen molar-refractivity contribution in [3.8, 4) is 0 Å². The molecule has 0 amide bonds. The maximum atomic E-state index is 10.4. The van der Waals surface area contributed by atoms with E-state index >= 15 is 0 Å². The Hall–Kier alpha value is -1.35. The second kappa shape index (κ2) is 8.05. The molecule has 0 aliphatic carbocycles. The average molecular weight is 292 g/mol. The van der Waals surface area contributed by atoms with E-state index in [0.29, 0.717) is 0 Å². The second-order valence-corrected chi connectivity index (χ2v) is 5.15. The highest BCUT2D eigenvalue weighted by Gasteiger charge is 2.23. The van der Waals surface area contributed by atoms with Crippen molar-refractivity contribution < 1.29 is 22.4 Å². The van der Waals surface area contributed by atoms with Gasteiger partial charge in [0, 0.05) is 5.56 Å². The van der Waals surface area contributed by atoms with Gasteiger partial charge >= 0.3 is 0 Å². The Morgan fingerprint density at radius 3 is 2.00 bits per heavy atom. The molecule has 0 aliphatic heterocycles. The zero-order valence-corrected chi connectivity index (χ0v) is 12.7. The van der Waals surface area contributed by atoms with Crippen molar-refractivity contribution >= 4 is 0 Å². The zero-order chi connectivity index (χ0) is 13.7. The molecule has 2 aromatic carbocycles. The van der Waals surface area contributed by atoms with Crippen molar-refractivity contribution in [2.75, 3.05) is 7.05 Å². The predicted molar refractivity (Wildman–Crippen MR) is 77.9 cm³/mol. The summed E-state index contributed by atoms with van der Waals surface area (Å²) in [6.45, 7) is 3.02. The summed E-state index contributed by atoms with van der Waals surface area (Å²) >= 11 is 0. The fourth-order valence-electron chi connectivity index (χ4n) is 2.29. The highest BCUT2D eigenvalue weighted by molar-refractivity contribution is 5.18. The normalized spacial score (nSPS) is 14.9. The molecule has 0 aromatic heterocycles. The van der Waals surface area contributed by atoms with Crippen molar-refractivity contribution in [3.63, 3.8) is 0 Å². The number of hydrogen-bond acceptors (Lipinski definition) is 1. The van der Waals surface area contributed by atoms with Crippen LogP contribution in [0.2, 0.25) is 0 Å². The first-order valence-corrected chi connectivity index (χ1v) is 6.77. The third-order valence-electron chi connectivity index (χ3n) is 3.72. The van der Waals surface area contributed by atoms with Gasteiger partial charge in [0.05, 0.1) is 7.05 Å². The largest absolute Gasteiger partial charge is 1.00 e. The minimum absolute atomic E-state index is 0. The Morgan fingerprint density at radius 2 is 1.45 bits per heavy atom. The third-order valence-corrected chi connectivity index (χ3v) is 3.72. The SMILES string of the molecule is CC(C(O)c1ccccc1)[NH+](C)Cc1ccccc1.[Cl-]. The Kier molecular flexibility index (Phi) is 6.73. The van der Waals surface area contributed by atoms with E-state index in [4.69, 9.17) is 0 Å². The number of halogens is 1. The molecule has 2 nitrogen and oxygen atoms in total. The van der Waals surface area contributed by atoms with Crippen molar-refractivity contribution in [2.45, 2.75) is 25.6 Å². The second-order valence-electron chi connectivity index (χ2n) is 5.15. The molecule has 0 saturated carbocycles. The topological polar surface area (TPSA) is 24.7 Å². The Labute approximate surface area is 127 Å². The molecule has 2 rings (SSSR count). The Morgan fingerprint density at radius 1 is 0.950 bits per heavy atom. The molecule has 0 fully saturated rings. The summed E-state index contributed by atoms with van der Waals surface area (Å²) in [5, 5.41) is 10.4. The lowest BCUT2D eigenvalue weighted by Gasteiger charge is -2.26. The molecule has 0 spiro atoms. The molecule has 108 valence electrons. The van der Waals surface area contributed by atoms with Gasteiger partial charge < -0.3 is 22.4 Å². The summed E-state index contributed by atoms with van der Waals surface area (Å²) in [6, 6.07) is 20.4. The van der Waals surface area contributed by atoms with Crippen molar-refractivity contribution in [1.29, 1.82) is 0 Å². The van der Waals surface area contributed by atoms with E-state index in [1.54, 1.807) is 0 Å². The number of rotatable bonds is 5. The number of aliphatic hydroxyl groups is 1. The van der Waals surface area contributed by atoms with Crippen LogP contribution in [0.15, 0.2) is 60.7 Å². The van der Waals surface area contributed by atoms with Crippen LogP contribution in [0.5, 0.6) is 0 Å². The van der Waals surface area contributed by atoms with Crippen LogP contribution in [0.1, 0.15) is 24.2 Å². The van der Waals surface area contributed by atoms with Gasteiger partial charge in [0.15, 0.2) is 0 Å². The molecule has 2 aromatic rings. The van der Waals surface area contributed by atoms with E-state index in [1.807, 2.05) is 36.4 Å². The van der Waals surface area contributed by atoms with Gasteiger partial charge in [-0.3, -0.25) is 0 Å². The van der Waals surface area contributed by atoms with Gasteiger partial charge in [0.2, 0.25) is 0 Å². The fraction of sp³-hybridized carbons (Fsp3) is 0.294. The van der Waals surface area contributed by atoms with E-state index in [-0.39, 0.29) is 18.4 Å². The molecule has 0 radical (unpaired) electrons. The summed E-state index contributed by atoms with van der Waals surface area (Å²) < 4.78 is 0. The highest BCUT2D eigenvalue weighted by atomic mass is 35.5. The summed E-state index contributed by atoms with van der Waals surface area (Å²) in [5.74, 6) is 0. The van der Waals surface area contributed by atoms with Crippen LogP contribution >= 0.6 is 0 Å². The lowest BCUT2D eigenvalue weighted by Crippen LogP contribution is -3.11. The van der Waals surface area contributed by atoms with E-state index in [2.05, 4.69) is 38.2 Å². The lowest BCUT2D eigenvalue weighted by molar-refractivity contribution is -0.922. The number of hydrogen-bond donors (Lipinski definition) is 2. The van der Waals surface area contributed by atoms with E-state index in [9.17, 15) is 5.11 Å². The van der Waals surface area contributed by atoms with Gasteiger partial charge in [-0.1, -0.05) is 60.7 Å². The average Bonchev–Trinajstić information content (AvgIpc) is 2.47. The Balaban J connectivity index is 0.00000200. The molecule has 0 heterocycles. The van der Waals surface area contributed by atoms with Gasteiger partial charge in [-0.25, -0.2) is 0 Å². The number of likely N-dealkylation sites (N-methyl/N-ethyl adjacent to an activating group) is 1. The number of nitrogens with one attached hydrogen (secondary N) is 1. The third kappa shape index (κ3) is 4.34. The molecule has 0 aliphatic rings. The minimum atomic E-state index is -0.426. The van der Waals surface area contributed by atoms with Crippen LogP contribution in [-0.4, -0.2) is 18.2 Å². The number of quaternary nitrogens is 1. The van der Waals surface area contributed by atoms with Gasteiger partial charge in [-0.2, -0.15) is 0 Å². The van der Waals surface area contributed by atoms with E-state index in [0.717, 1.165) is 12.1 Å². The molecule has 3 atom stereocenters.